The van der Waals surface area contributed by atoms with Crippen molar-refractivity contribution in [1.29, 1.82) is 0 Å². The van der Waals surface area contributed by atoms with Crippen LogP contribution in [0, 0.1) is 13.8 Å². The van der Waals surface area contributed by atoms with E-state index >= 15 is 0 Å². The Morgan fingerprint density at radius 1 is 0.921 bits per heavy atom. The molecule has 4 nitrogen and oxygen atoms in total. The zero-order chi connectivity index (χ0) is 26.6. The number of benzene rings is 4. The average Bonchev–Trinajstić information content (AvgIpc) is 3.20. The highest BCUT2D eigenvalue weighted by atomic mass is 79.9. The molecule has 0 aromatic heterocycles. The summed E-state index contributed by atoms with van der Waals surface area (Å²) >= 11 is 10.9. The predicted octanol–water partition coefficient (Wildman–Crippen LogP) is 9.11. The van der Waals surface area contributed by atoms with Gasteiger partial charge < -0.3 is 4.74 Å². The predicted molar refractivity (Wildman–Crippen MR) is 162 cm³/mol. The molecule has 0 aliphatic carbocycles. The van der Waals surface area contributed by atoms with Crippen molar-refractivity contribution < 1.29 is 9.53 Å². The molecule has 190 valence electrons. The molecule has 1 amide bonds. The minimum atomic E-state index is -0.107. The second-order valence-corrected chi connectivity index (χ2v) is 11.2. The van der Waals surface area contributed by atoms with Gasteiger partial charge in [-0.15, -0.1) is 0 Å². The number of aryl methyl sites for hydroxylation is 2. The van der Waals surface area contributed by atoms with E-state index in [1.807, 2.05) is 111 Å². The fraction of sp³-hybridized carbons (Fsp3) is 0.0968. The SMILES string of the molecule is Cc1ccc(N=C2S/C(=C\c3ccc(OCc4ccc(Cl)cc4)c(Br)c3)C(=O)N2c2ccc(C)cc2)cc1. The van der Waals surface area contributed by atoms with Crippen LogP contribution >= 0.6 is 39.3 Å². The molecule has 1 saturated heterocycles. The first-order chi connectivity index (χ1) is 18.4. The summed E-state index contributed by atoms with van der Waals surface area (Å²) < 4.78 is 6.78. The normalized spacial score (nSPS) is 15.5. The van der Waals surface area contributed by atoms with Gasteiger partial charge in [0.15, 0.2) is 5.17 Å². The van der Waals surface area contributed by atoms with Crippen LogP contribution in [0.3, 0.4) is 0 Å². The number of hydrogen-bond donors (Lipinski definition) is 0. The van der Waals surface area contributed by atoms with Crippen LogP contribution in [-0.4, -0.2) is 11.1 Å². The molecular formula is C31H24BrClN2O2S. The van der Waals surface area contributed by atoms with E-state index < -0.39 is 0 Å². The Kier molecular flexibility index (Phi) is 8.03. The van der Waals surface area contributed by atoms with Gasteiger partial charge in [0.2, 0.25) is 0 Å². The summed E-state index contributed by atoms with van der Waals surface area (Å²) in [6.07, 6.45) is 1.89. The van der Waals surface area contributed by atoms with Crippen molar-refractivity contribution in [3.8, 4) is 5.75 Å². The highest BCUT2D eigenvalue weighted by Gasteiger charge is 2.34. The maximum atomic E-state index is 13.6. The summed E-state index contributed by atoms with van der Waals surface area (Å²) in [6.45, 7) is 4.49. The van der Waals surface area contributed by atoms with Gasteiger partial charge in [-0.25, -0.2) is 4.99 Å². The van der Waals surface area contributed by atoms with Gasteiger partial charge >= 0.3 is 0 Å². The van der Waals surface area contributed by atoms with Crippen LogP contribution in [0.4, 0.5) is 11.4 Å². The molecule has 0 spiro atoms. The molecule has 7 heteroatoms. The third-order valence-electron chi connectivity index (χ3n) is 5.92. The molecule has 0 atom stereocenters. The zero-order valence-corrected chi connectivity index (χ0v) is 24.0. The van der Waals surface area contributed by atoms with E-state index in [2.05, 4.69) is 15.9 Å². The topological polar surface area (TPSA) is 41.9 Å². The Hall–Kier alpha value is -3.32. The molecule has 1 heterocycles. The molecule has 4 aromatic rings. The van der Waals surface area contributed by atoms with Gasteiger partial charge in [-0.1, -0.05) is 65.2 Å². The van der Waals surface area contributed by atoms with Crippen LogP contribution < -0.4 is 9.64 Å². The average molecular weight is 604 g/mol. The van der Waals surface area contributed by atoms with Gasteiger partial charge in [0.25, 0.3) is 5.91 Å². The number of thioether (sulfide) groups is 1. The number of halogens is 2. The smallest absolute Gasteiger partial charge is 0.271 e. The van der Waals surface area contributed by atoms with E-state index in [4.69, 9.17) is 21.3 Å². The third kappa shape index (κ3) is 6.21. The van der Waals surface area contributed by atoms with Crippen molar-refractivity contribution in [2.24, 2.45) is 4.99 Å². The van der Waals surface area contributed by atoms with Crippen LogP contribution in [0.2, 0.25) is 5.02 Å². The van der Waals surface area contributed by atoms with Gasteiger partial charge in [0.05, 0.1) is 20.8 Å². The Labute approximate surface area is 240 Å². The molecule has 0 N–H and O–H groups in total. The Morgan fingerprint density at radius 3 is 2.24 bits per heavy atom. The summed E-state index contributed by atoms with van der Waals surface area (Å²) in [7, 11) is 0. The largest absolute Gasteiger partial charge is 0.488 e. The number of amides is 1. The fourth-order valence-electron chi connectivity index (χ4n) is 3.82. The standard InChI is InChI=1S/C31H24BrClN2O2S/c1-20-3-12-25(13-4-20)34-31-35(26-14-5-21(2)6-15-26)30(36)29(38-31)18-23-9-16-28(27(32)17-23)37-19-22-7-10-24(33)11-8-22/h3-18H,19H2,1-2H3/b29-18-,34-31?. The number of rotatable bonds is 6. The highest BCUT2D eigenvalue weighted by Crippen LogP contribution is 2.38. The molecule has 1 aliphatic rings. The van der Waals surface area contributed by atoms with Crippen molar-refractivity contribution in [3.05, 3.63) is 128 Å². The molecule has 4 aromatic carbocycles. The van der Waals surface area contributed by atoms with E-state index in [0.717, 1.165) is 43.9 Å². The van der Waals surface area contributed by atoms with Crippen molar-refractivity contribution in [2.75, 3.05) is 4.90 Å². The first kappa shape index (κ1) is 26.3. The van der Waals surface area contributed by atoms with Gasteiger partial charge in [-0.05, 0) is 107 Å². The molecule has 5 rings (SSSR count). The summed E-state index contributed by atoms with van der Waals surface area (Å²) in [6, 6.07) is 29.2. The molecule has 0 saturated carbocycles. The first-order valence-corrected chi connectivity index (χ1v) is 14.0. The minimum absolute atomic E-state index is 0.107. The number of carbonyl (C=O) groups is 1. The van der Waals surface area contributed by atoms with Crippen LogP contribution in [0.5, 0.6) is 5.75 Å². The molecule has 1 aliphatic heterocycles. The fourth-order valence-corrected chi connectivity index (χ4v) is 5.45. The summed E-state index contributed by atoms with van der Waals surface area (Å²) in [5.74, 6) is 0.610. The summed E-state index contributed by atoms with van der Waals surface area (Å²) in [4.78, 5) is 20.7. The van der Waals surface area contributed by atoms with Gasteiger partial charge in [-0.3, -0.25) is 9.69 Å². The lowest BCUT2D eigenvalue weighted by atomic mass is 10.2. The lowest BCUT2D eigenvalue weighted by Crippen LogP contribution is -2.28. The molecule has 38 heavy (non-hydrogen) atoms. The van der Waals surface area contributed by atoms with E-state index in [1.54, 1.807) is 4.90 Å². The van der Waals surface area contributed by atoms with Crippen molar-refractivity contribution >= 4 is 67.8 Å². The second-order valence-electron chi connectivity index (χ2n) is 8.92. The Bertz CT molecular complexity index is 1530. The third-order valence-corrected chi connectivity index (χ3v) is 7.76. The van der Waals surface area contributed by atoms with E-state index in [1.165, 1.54) is 11.8 Å². The van der Waals surface area contributed by atoms with Crippen molar-refractivity contribution in [3.63, 3.8) is 0 Å². The number of amidine groups is 1. The highest BCUT2D eigenvalue weighted by molar-refractivity contribution is 9.10. The number of ether oxygens (including phenoxy) is 1. The van der Waals surface area contributed by atoms with E-state index in [9.17, 15) is 4.79 Å². The zero-order valence-electron chi connectivity index (χ0n) is 20.8. The number of nitrogens with zero attached hydrogens (tertiary/aromatic N) is 2. The van der Waals surface area contributed by atoms with Crippen LogP contribution in [-0.2, 0) is 11.4 Å². The van der Waals surface area contributed by atoms with Crippen molar-refractivity contribution in [2.45, 2.75) is 20.5 Å². The maximum absolute atomic E-state index is 13.6. The van der Waals surface area contributed by atoms with Gasteiger partial charge in [-0.2, -0.15) is 0 Å². The summed E-state index contributed by atoms with van der Waals surface area (Å²) in [5, 5.41) is 1.32. The van der Waals surface area contributed by atoms with Crippen LogP contribution in [0.15, 0.2) is 105 Å². The second kappa shape index (κ2) is 11.6. The van der Waals surface area contributed by atoms with E-state index in [0.29, 0.717) is 21.7 Å². The number of carbonyl (C=O) groups excluding carboxylic acids is 1. The molecular weight excluding hydrogens is 580 g/mol. The lowest BCUT2D eigenvalue weighted by Gasteiger charge is -2.16. The van der Waals surface area contributed by atoms with Gasteiger partial charge in [0, 0.05) is 5.02 Å². The number of aliphatic imine (C=N–C) groups is 1. The van der Waals surface area contributed by atoms with Gasteiger partial charge in [0.1, 0.15) is 12.4 Å². The lowest BCUT2D eigenvalue weighted by molar-refractivity contribution is -0.113. The number of anilines is 1. The molecule has 0 radical (unpaired) electrons. The Balaban J connectivity index is 1.41. The molecule has 0 unspecified atom stereocenters. The summed E-state index contributed by atoms with van der Waals surface area (Å²) in [5.41, 5.74) is 5.78. The van der Waals surface area contributed by atoms with Crippen molar-refractivity contribution in [1.82, 2.24) is 0 Å². The van der Waals surface area contributed by atoms with Crippen LogP contribution in [0.1, 0.15) is 22.3 Å². The first-order valence-electron chi connectivity index (χ1n) is 12.0. The molecule has 0 bridgehead atoms. The molecule has 1 fully saturated rings. The Morgan fingerprint density at radius 2 is 1.58 bits per heavy atom. The van der Waals surface area contributed by atoms with E-state index in [-0.39, 0.29) is 5.91 Å². The van der Waals surface area contributed by atoms with Crippen LogP contribution in [0.25, 0.3) is 6.08 Å². The maximum Gasteiger partial charge on any atom is 0.271 e. The minimum Gasteiger partial charge on any atom is -0.488 e. The monoisotopic (exact) mass is 602 g/mol. The number of hydrogen-bond acceptors (Lipinski definition) is 4. The quantitative estimate of drug-likeness (QED) is 0.206.